The zero-order valence-corrected chi connectivity index (χ0v) is 16.7. The van der Waals surface area contributed by atoms with E-state index in [1.807, 2.05) is 0 Å². The number of halogens is 1. The second kappa shape index (κ2) is 10.2. The number of carbonyl (C=O) groups is 3. The number of benzene rings is 2. The quantitative estimate of drug-likeness (QED) is 0.279. The Morgan fingerprint density at radius 1 is 0.867 bits per heavy atom. The smallest absolute Gasteiger partial charge is 0.338 e. The first-order valence-electron chi connectivity index (χ1n) is 8.96. The summed E-state index contributed by atoms with van der Waals surface area (Å²) in [4.78, 5) is 34.8. The fraction of sp³-hybridized carbons (Fsp3) is 0.174. The van der Waals surface area contributed by atoms with E-state index in [0.717, 1.165) is 6.07 Å². The Morgan fingerprint density at radius 3 is 2.03 bits per heavy atom. The van der Waals surface area contributed by atoms with Crippen LogP contribution in [-0.4, -0.2) is 31.1 Å². The van der Waals surface area contributed by atoms with Gasteiger partial charge in [0.05, 0.1) is 5.56 Å². The molecule has 0 aromatic heterocycles. The van der Waals surface area contributed by atoms with Crippen molar-refractivity contribution in [2.24, 2.45) is 0 Å². The molecular weight excluding hydrogens is 391 g/mol. The summed E-state index contributed by atoms with van der Waals surface area (Å²) in [7, 11) is 0. The Bertz CT molecular complexity index is 991. The standard InChI is InChI=1S/C23H21FO6/c1-14(2)21(25)28-11-12-29-23(27)17-7-10-19(20(24)13-17)16-5-8-18(9-6-16)30-22(26)15(3)4/h5-10,13H,1,3,11-12H2,2,4H3. The van der Waals surface area contributed by atoms with Gasteiger partial charge in [0.15, 0.2) is 0 Å². The molecule has 156 valence electrons. The van der Waals surface area contributed by atoms with Gasteiger partial charge in [-0.1, -0.05) is 31.4 Å². The molecular formula is C23H21FO6. The van der Waals surface area contributed by atoms with Gasteiger partial charge < -0.3 is 14.2 Å². The Morgan fingerprint density at radius 2 is 1.47 bits per heavy atom. The van der Waals surface area contributed by atoms with Crippen LogP contribution in [0.1, 0.15) is 24.2 Å². The van der Waals surface area contributed by atoms with Crippen LogP contribution < -0.4 is 4.74 Å². The van der Waals surface area contributed by atoms with Crippen LogP contribution in [0.25, 0.3) is 11.1 Å². The largest absolute Gasteiger partial charge is 0.459 e. The van der Waals surface area contributed by atoms with Gasteiger partial charge in [0.25, 0.3) is 0 Å². The van der Waals surface area contributed by atoms with Crippen LogP contribution in [0.5, 0.6) is 5.75 Å². The van der Waals surface area contributed by atoms with Crippen molar-refractivity contribution in [2.75, 3.05) is 13.2 Å². The van der Waals surface area contributed by atoms with Crippen LogP contribution in [-0.2, 0) is 19.1 Å². The minimum atomic E-state index is -0.742. The molecule has 0 aliphatic rings. The van der Waals surface area contributed by atoms with Gasteiger partial charge in [0, 0.05) is 16.7 Å². The highest BCUT2D eigenvalue weighted by Crippen LogP contribution is 2.26. The highest BCUT2D eigenvalue weighted by atomic mass is 19.1. The van der Waals surface area contributed by atoms with Crippen molar-refractivity contribution in [3.63, 3.8) is 0 Å². The molecule has 7 heteroatoms. The number of carbonyl (C=O) groups excluding carboxylic acids is 3. The minimum absolute atomic E-state index is 0.0227. The van der Waals surface area contributed by atoms with Crippen molar-refractivity contribution in [1.29, 1.82) is 0 Å². The van der Waals surface area contributed by atoms with Gasteiger partial charge in [-0.25, -0.2) is 18.8 Å². The lowest BCUT2D eigenvalue weighted by Crippen LogP contribution is -2.14. The molecule has 0 heterocycles. The lowest BCUT2D eigenvalue weighted by atomic mass is 10.0. The van der Waals surface area contributed by atoms with E-state index in [2.05, 4.69) is 13.2 Å². The average molecular weight is 412 g/mol. The summed E-state index contributed by atoms with van der Waals surface area (Å²) in [5, 5.41) is 0. The first-order chi connectivity index (χ1) is 14.2. The molecule has 0 N–H and O–H groups in total. The summed E-state index contributed by atoms with van der Waals surface area (Å²) >= 11 is 0. The molecule has 0 saturated carbocycles. The molecule has 0 aliphatic carbocycles. The molecule has 30 heavy (non-hydrogen) atoms. The molecule has 0 radical (unpaired) electrons. The molecule has 2 aromatic carbocycles. The zero-order valence-electron chi connectivity index (χ0n) is 16.7. The van der Waals surface area contributed by atoms with Crippen molar-refractivity contribution in [3.05, 3.63) is 78.1 Å². The maximum absolute atomic E-state index is 14.5. The first-order valence-corrected chi connectivity index (χ1v) is 8.96. The SMILES string of the molecule is C=C(C)C(=O)OCCOC(=O)c1ccc(-c2ccc(OC(=O)C(=C)C)cc2)c(F)c1. The highest BCUT2D eigenvalue weighted by Gasteiger charge is 2.13. The van der Waals surface area contributed by atoms with Crippen LogP contribution in [0.4, 0.5) is 4.39 Å². The predicted octanol–water partition coefficient (Wildman–Crippen LogP) is 4.25. The van der Waals surface area contributed by atoms with E-state index in [1.54, 1.807) is 12.1 Å². The van der Waals surface area contributed by atoms with Gasteiger partial charge in [-0.15, -0.1) is 0 Å². The lowest BCUT2D eigenvalue weighted by Gasteiger charge is -2.09. The molecule has 2 rings (SSSR count). The van der Waals surface area contributed by atoms with E-state index in [4.69, 9.17) is 14.2 Å². The van der Waals surface area contributed by atoms with Gasteiger partial charge in [-0.2, -0.15) is 0 Å². The molecule has 0 fully saturated rings. The summed E-state index contributed by atoms with van der Waals surface area (Å²) in [5.74, 6) is -2.19. The van der Waals surface area contributed by atoms with Gasteiger partial charge in [-0.05, 0) is 43.7 Å². The average Bonchev–Trinajstić information content (AvgIpc) is 2.71. The van der Waals surface area contributed by atoms with Crippen molar-refractivity contribution in [3.8, 4) is 16.9 Å². The molecule has 2 aromatic rings. The lowest BCUT2D eigenvalue weighted by molar-refractivity contribution is -0.140. The van der Waals surface area contributed by atoms with Gasteiger partial charge >= 0.3 is 17.9 Å². The second-order valence-corrected chi connectivity index (χ2v) is 6.44. The number of hydrogen-bond acceptors (Lipinski definition) is 6. The Hall–Kier alpha value is -3.74. The van der Waals surface area contributed by atoms with E-state index < -0.39 is 23.7 Å². The molecule has 0 bridgehead atoms. The van der Waals surface area contributed by atoms with Crippen LogP contribution in [0.2, 0.25) is 0 Å². The third kappa shape index (κ3) is 6.13. The monoisotopic (exact) mass is 412 g/mol. The summed E-state index contributed by atoms with van der Waals surface area (Å²) in [6.07, 6.45) is 0. The molecule has 0 aliphatic heterocycles. The number of esters is 3. The van der Waals surface area contributed by atoms with Gasteiger partial charge in [-0.3, -0.25) is 0 Å². The second-order valence-electron chi connectivity index (χ2n) is 6.44. The molecule has 0 spiro atoms. The van der Waals surface area contributed by atoms with E-state index in [-0.39, 0.29) is 35.5 Å². The van der Waals surface area contributed by atoms with Crippen LogP contribution in [0, 0.1) is 5.82 Å². The Balaban J connectivity index is 2.00. The maximum Gasteiger partial charge on any atom is 0.338 e. The van der Waals surface area contributed by atoms with Crippen molar-refractivity contribution >= 4 is 17.9 Å². The summed E-state index contributed by atoms with van der Waals surface area (Å²) in [6, 6.07) is 10.2. The van der Waals surface area contributed by atoms with E-state index in [9.17, 15) is 18.8 Å². The molecule has 6 nitrogen and oxygen atoms in total. The summed E-state index contributed by atoms with van der Waals surface area (Å²) < 4.78 is 29.4. The van der Waals surface area contributed by atoms with E-state index in [1.165, 1.54) is 38.1 Å². The topological polar surface area (TPSA) is 78.9 Å². The maximum atomic E-state index is 14.5. The molecule has 0 atom stereocenters. The molecule has 0 saturated heterocycles. The molecule has 0 amide bonds. The highest BCUT2D eigenvalue weighted by molar-refractivity contribution is 5.90. The van der Waals surface area contributed by atoms with Crippen molar-refractivity contribution < 1.29 is 33.0 Å². The minimum Gasteiger partial charge on any atom is -0.459 e. The van der Waals surface area contributed by atoms with E-state index >= 15 is 0 Å². The Labute approximate surface area is 173 Å². The van der Waals surface area contributed by atoms with Crippen LogP contribution in [0.15, 0.2) is 66.8 Å². The predicted molar refractivity (Wildman–Crippen MR) is 108 cm³/mol. The van der Waals surface area contributed by atoms with Gasteiger partial charge in [0.2, 0.25) is 0 Å². The van der Waals surface area contributed by atoms with Crippen LogP contribution in [0.3, 0.4) is 0 Å². The van der Waals surface area contributed by atoms with Crippen molar-refractivity contribution in [2.45, 2.75) is 13.8 Å². The number of hydrogen-bond donors (Lipinski definition) is 0. The summed E-state index contributed by atoms with van der Waals surface area (Å²) in [6.45, 7) is 9.69. The number of rotatable bonds is 8. The number of ether oxygens (including phenoxy) is 3. The summed E-state index contributed by atoms with van der Waals surface area (Å²) in [5.41, 5.74) is 1.33. The third-order valence-corrected chi connectivity index (χ3v) is 3.83. The van der Waals surface area contributed by atoms with Gasteiger partial charge in [0.1, 0.15) is 24.8 Å². The fourth-order valence-electron chi connectivity index (χ4n) is 2.25. The van der Waals surface area contributed by atoms with Crippen LogP contribution >= 0.6 is 0 Å². The zero-order chi connectivity index (χ0) is 22.3. The normalized spacial score (nSPS) is 10.1. The first kappa shape index (κ1) is 22.5. The van der Waals surface area contributed by atoms with Crippen molar-refractivity contribution in [1.82, 2.24) is 0 Å². The molecule has 0 unspecified atom stereocenters. The fourth-order valence-corrected chi connectivity index (χ4v) is 2.25. The Kier molecular flexibility index (Phi) is 7.63. The third-order valence-electron chi connectivity index (χ3n) is 3.83. The van der Waals surface area contributed by atoms with E-state index in [0.29, 0.717) is 11.3 Å².